The molecular weight excluding hydrogens is 198 g/mol. The SMILES string of the molecule is CCCNC(CCC(C)(C)OC)C1CC1C. The first-order valence-electron chi connectivity index (χ1n) is 6.78. The highest BCUT2D eigenvalue weighted by atomic mass is 16.5. The van der Waals surface area contributed by atoms with Crippen LogP contribution in [0.2, 0.25) is 0 Å². The summed E-state index contributed by atoms with van der Waals surface area (Å²) < 4.78 is 5.49. The van der Waals surface area contributed by atoms with Crippen LogP contribution in [0.15, 0.2) is 0 Å². The molecular formula is C14H29NO. The highest BCUT2D eigenvalue weighted by molar-refractivity contribution is 4.93. The third-order valence-corrected chi connectivity index (χ3v) is 3.96. The van der Waals surface area contributed by atoms with Gasteiger partial charge in [-0.2, -0.15) is 0 Å². The summed E-state index contributed by atoms with van der Waals surface area (Å²) in [5.74, 6) is 1.85. The van der Waals surface area contributed by atoms with Gasteiger partial charge in [-0.15, -0.1) is 0 Å². The van der Waals surface area contributed by atoms with E-state index in [1.807, 2.05) is 7.11 Å². The van der Waals surface area contributed by atoms with E-state index in [4.69, 9.17) is 4.74 Å². The molecule has 0 radical (unpaired) electrons. The highest BCUT2D eigenvalue weighted by Crippen LogP contribution is 2.42. The number of ether oxygens (including phenoxy) is 1. The third kappa shape index (κ3) is 4.42. The highest BCUT2D eigenvalue weighted by Gasteiger charge is 2.39. The van der Waals surface area contributed by atoms with Gasteiger partial charge in [0.05, 0.1) is 5.60 Å². The number of nitrogens with one attached hydrogen (secondary N) is 1. The zero-order chi connectivity index (χ0) is 12.2. The molecule has 0 heterocycles. The Morgan fingerprint density at radius 3 is 2.50 bits per heavy atom. The molecule has 2 heteroatoms. The van der Waals surface area contributed by atoms with E-state index >= 15 is 0 Å². The van der Waals surface area contributed by atoms with Gasteiger partial charge in [-0.05, 0) is 57.9 Å². The van der Waals surface area contributed by atoms with Crippen molar-refractivity contribution in [2.45, 2.75) is 65.0 Å². The summed E-state index contributed by atoms with van der Waals surface area (Å²) >= 11 is 0. The van der Waals surface area contributed by atoms with Gasteiger partial charge >= 0.3 is 0 Å². The summed E-state index contributed by atoms with van der Waals surface area (Å²) in [4.78, 5) is 0. The van der Waals surface area contributed by atoms with Crippen LogP contribution in [0, 0.1) is 11.8 Å². The molecule has 2 nitrogen and oxygen atoms in total. The van der Waals surface area contributed by atoms with Gasteiger partial charge in [0.15, 0.2) is 0 Å². The predicted molar refractivity (Wildman–Crippen MR) is 69.7 cm³/mol. The van der Waals surface area contributed by atoms with Gasteiger partial charge in [0.1, 0.15) is 0 Å². The van der Waals surface area contributed by atoms with Gasteiger partial charge in [-0.1, -0.05) is 13.8 Å². The van der Waals surface area contributed by atoms with Crippen molar-refractivity contribution < 1.29 is 4.74 Å². The maximum absolute atomic E-state index is 5.49. The second-order valence-corrected chi connectivity index (χ2v) is 5.94. The smallest absolute Gasteiger partial charge is 0.0623 e. The molecule has 1 saturated carbocycles. The normalized spacial score (nSPS) is 26.8. The molecule has 1 fully saturated rings. The molecule has 96 valence electrons. The number of methoxy groups -OCH3 is 1. The monoisotopic (exact) mass is 227 g/mol. The molecule has 16 heavy (non-hydrogen) atoms. The molecule has 0 bridgehead atoms. The van der Waals surface area contributed by atoms with Crippen LogP contribution in [-0.4, -0.2) is 25.3 Å². The van der Waals surface area contributed by atoms with Crippen molar-refractivity contribution in [1.82, 2.24) is 5.32 Å². The summed E-state index contributed by atoms with van der Waals surface area (Å²) in [5.41, 5.74) is 0.0320. The number of hydrogen-bond donors (Lipinski definition) is 1. The lowest BCUT2D eigenvalue weighted by Gasteiger charge is -2.26. The molecule has 1 aliphatic carbocycles. The minimum Gasteiger partial charge on any atom is -0.379 e. The minimum atomic E-state index is 0.0320. The molecule has 1 aliphatic rings. The van der Waals surface area contributed by atoms with Crippen LogP contribution in [0.25, 0.3) is 0 Å². The van der Waals surface area contributed by atoms with Crippen LogP contribution in [0.4, 0.5) is 0 Å². The fourth-order valence-electron chi connectivity index (χ4n) is 2.31. The summed E-state index contributed by atoms with van der Waals surface area (Å²) in [6, 6.07) is 0.712. The first-order chi connectivity index (χ1) is 7.50. The van der Waals surface area contributed by atoms with E-state index in [2.05, 4.69) is 33.0 Å². The van der Waals surface area contributed by atoms with Crippen LogP contribution >= 0.6 is 0 Å². The van der Waals surface area contributed by atoms with E-state index in [1.165, 1.54) is 19.3 Å². The molecule has 0 aromatic heterocycles. The van der Waals surface area contributed by atoms with Crippen molar-refractivity contribution in [3.8, 4) is 0 Å². The Labute approximate surface area is 101 Å². The maximum atomic E-state index is 5.49. The van der Waals surface area contributed by atoms with E-state index in [0.29, 0.717) is 6.04 Å². The molecule has 0 spiro atoms. The van der Waals surface area contributed by atoms with Crippen LogP contribution in [0.1, 0.15) is 53.4 Å². The average molecular weight is 227 g/mol. The predicted octanol–water partition coefficient (Wildman–Crippen LogP) is 3.22. The molecule has 0 aliphatic heterocycles. The maximum Gasteiger partial charge on any atom is 0.0623 e. The third-order valence-electron chi connectivity index (χ3n) is 3.96. The van der Waals surface area contributed by atoms with Gasteiger partial charge < -0.3 is 10.1 Å². The molecule has 3 unspecified atom stereocenters. The van der Waals surface area contributed by atoms with E-state index in [1.54, 1.807) is 0 Å². The Balaban J connectivity index is 2.32. The van der Waals surface area contributed by atoms with Gasteiger partial charge in [-0.3, -0.25) is 0 Å². The van der Waals surface area contributed by atoms with Gasteiger partial charge in [0, 0.05) is 13.2 Å². The zero-order valence-electron chi connectivity index (χ0n) is 11.7. The Kier molecular flexibility index (Phi) is 5.26. The molecule has 1 N–H and O–H groups in total. The van der Waals surface area contributed by atoms with Crippen molar-refractivity contribution >= 4 is 0 Å². The van der Waals surface area contributed by atoms with Gasteiger partial charge in [0.25, 0.3) is 0 Å². The van der Waals surface area contributed by atoms with Crippen molar-refractivity contribution in [2.24, 2.45) is 11.8 Å². The lowest BCUT2D eigenvalue weighted by Crippen LogP contribution is -2.35. The second kappa shape index (κ2) is 6.02. The molecule has 3 atom stereocenters. The standard InChI is InChI=1S/C14H29NO/c1-6-9-15-13(12-10-11(12)2)7-8-14(3,4)16-5/h11-13,15H,6-10H2,1-5H3. The summed E-state index contributed by atoms with van der Waals surface area (Å²) in [6.45, 7) is 10.1. The number of hydrogen-bond acceptors (Lipinski definition) is 2. The molecule has 0 aromatic rings. The van der Waals surface area contributed by atoms with Crippen molar-refractivity contribution in [3.05, 3.63) is 0 Å². The largest absolute Gasteiger partial charge is 0.379 e. The van der Waals surface area contributed by atoms with Crippen LogP contribution in [0.3, 0.4) is 0 Å². The fraction of sp³-hybridized carbons (Fsp3) is 1.00. The molecule has 0 saturated heterocycles. The first kappa shape index (κ1) is 14.0. The van der Waals surface area contributed by atoms with Crippen LogP contribution in [-0.2, 0) is 4.74 Å². The zero-order valence-corrected chi connectivity index (χ0v) is 11.7. The van der Waals surface area contributed by atoms with Crippen LogP contribution < -0.4 is 5.32 Å². The molecule has 1 rings (SSSR count). The lowest BCUT2D eigenvalue weighted by atomic mass is 9.96. The van der Waals surface area contributed by atoms with E-state index in [0.717, 1.165) is 24.8 Å². The Hall–Kier alpha value is -0.0800. The molecule has 0 aromatic carbocycles. The van der Waals surface area contributed by atoms with E-state index in [-0.39, 0.29) is 5.60 Å². The van der Waals surface area contributed by atoms with Crippen molar-refractivity contribution in [2.75, 3.05) is 13.7 Å². The molecule has 0 amide bonds. The van der Waals surface area contributed by atoms with Crippen LogP contribution in [0.5, 0.6) is 0 Å². The van der Waals surface area contributed by atoms with Crippen molar-refractivity contribution in [3.63, 3.8) is 0 Å². The van der Waals surface area contributed by atoms with E-state index in [9.17, 15) is 0 Å². The topological polar surface area (TPSA) is 21.3 Å². The Morgan fingerprint density at radius 1 is 1.44 bits per heavy atom. The first-order valence-corrected chi connectivity index (χ1v) is 6.78. The Bertz CT molecular complexity index is 203. The Morgan fingerprint density at radius 2 is 2.06 bits per heavy atom. The summed E-state index contributed by atoms with van der Waals surface area (Å²) in [7, 11) is 1.81. The number of rotatable bonds is 8. The van der Waals surface area contributed by atoms with E-state index < -0.39 is 0 Å². The quantitative estimate of drug-likeness (QED) is 0.687. The van der Waals surface area contributed by atoms with Gasteiger partial charge in [0.2, 0.25) is 0 Å². The summed E-state index contributed by atoms with van der Waals surface area (Å²) in [6.07, 6.45) is 5.03. The minimum absolute atomic E-state index is 0.0320. The van der Waals surface area contributed by atoms with Gasteiger partial charge in [-0.25, -0.2) is 0 Å². The average Bonchev–Trinajstić information content (AvgIpc) is 2.96. The lowest BCUT2D eigenvalue weighted by molar-refractivity contribution is 0.0111. The van der Waals surface area contributed by atoms with Crippen molar-refractivity contribution in [1.29, 1.82) is 0 Å². The fourth-order valence-corrected chi connectivity index (χ4v) is 2.31. The summed E-state index contributed by atoms with van der Waals surface area (Å²) in [5, 5.41) is 3.70. The second-order valence-electron chi connectivity index (χ2n) is 5.94.